The summed E-state index contributed by atoms with van der Waals surface area (Å²) in [6, 6.07) is 6.83. The summed E-state index contributed by atoms with van der Waals surface area (Å²) in [5, 5.41) is 2.75. The molecule has 0 radical (unpaired) electrons. The first-order valence-corrected chi connectivity index (χ1v) is 5.69. The van der Waals surface area contributed by atoms with E-state index in [1.54, 1.807) is 31.5 Å². The molecule has 5 nitrogen and oxygen atoms in total. The van der Waals surface area contributed by atoms with Crippen LogP contribution in [-0.2, 0) is 6.54 Å². The zero-order valence-corrected chi connectivity index (χ0v) is 10.1. The molecule has 0 aliphatic heterocycles. The third-order valence-electron chi connectivity index (χ3n) is 2.48. The van der Waals surface area contributed by atoms with Crippen LogP contribution < -0.4 is 11.1 Å². The first kappa shape index (κ1) is 12.3. The zero-order valence-electron chi connectivity index (χ0n) is 10.1. The van der Waals surface area contributed by atoms with Gasteiger partial charge in [0.1, 0.15) is 5.76 Å². The van der Waals surface area contributed by atoms with Crippen molar-refractivity contribution < 1.29 is 9.21 Å². The number of amides is 1. The van der Waals surface area contributed by atoms with Crippen LogP contribution in [0.15, 0.2) is 41.1 Å². The van der Waals surface area contributed by atoms with Gasteiger partial charge in [-0.15, -0.1) is 0 Å². The van der Waals surface area contributed by atoms with Crippen LogP contribution >= 0.6 is 0 Å². The topological polar surface area (TPSA) is 81.2 Å². The minimum Gasteiger partial charge on any atom is -0.454 e. The Labute approximate surface area is 105 Å². The van der Waals surface area contributed by atoms with E-state index >= 15 is 0 Å². The summed E-state index contributed by atoms with van der Waals surface area (Å²) in [4.78, 5) is 15.8. The number of nitrogens with one attached hydrogen (secondary N) is 1. The van der Waals surface area contributed by atoms with Gasteiger partial charge in [0.25, 0.3) is 5.91 Å². The predicted molar refractivity (Wildman–Crippen MR) is 66.7 cm³/mol. The Morgan fingerprint density at radius 3 is 2.94 bits per heavy atom. The lowest BCUT2D eigenvalue weighted by Gasteiger charge is -2.03. The summed E-state index contributed by atoms with van der Waals surface area (Å²) in [6.07, 6.45) is 3.39. The van der Waals surface area contributed by atoms with Gasteiger partial charge in [-0.25, -0.2) is 0 Å². The van der Waals surface area contributed by atoms with E-state index in [2.05, 4.69) is 10.3 Å². The van der Waals surface area contributed by atoms with Crippen molar-refractivity contribution in [1.82, 2.24) is 10.3 Å². The van der Waals surface area contributed by atoms with Crippen molar-refractivity contribution in [3.05, 3.63) is 53.7 Å². The van der Waals surface area contributed by atoms with Gasteiger partial charge >= 0.3 is 0 Å². The summed E-state index contributed by atoms with van der Waals surface area (Å²) >= 11 is 0. The quantitative estimate of drug-likeness (QED) is 0.857. The monoisotopic (exact) mass is 245 g/mol. The molecule has 0 aliphatic rings. The second-order valence-electron chi connectivity index (χ2n) is 4.03. The number of hydrogen-bond donors (Lipinski definition) is 2. The number of aromatic nitrogens is 1. The maximum Gasteiger partial charge on any atom is 0.287 e. The fourth-order valence-corrected chi connectivity index (χ4v) is 1.49. The number of pyridine rings is 1. The van der Waals surface area contributed by atoms with Gasteiger partial charge in [-0.1, -0.05) is 6.07 Å². The summed E-state index contributed by atoms with van der Waals surface area (Å²) in [6.45, 7) is 2.22. The van der Waals surface area contributed by atoms with Crippen LogP contribution in [0.25, 0.3) is 0 Å². The van der Waals surface area contributed by atoms with E-state index in [4.69, 9.17) is 10.2 Å². The number of furan rings is 1. The highest BCUT2D eigenvalue weighted by Crippen LogP contribution is 2.13. The van der Waals surface area contributed by atoms with Crippen molar-refractivity contribution in [2.45, 2.75) is 19.5 Å². The second kappa shape index (κ2) is 5.46. The Balaban J connectivity index is 1.95. The largest absolute Gasteiger partial charge is 0.454 e. The number of carbonyl (C=O) groups is 1. The van der Waals surface area contributed by atoms with Gasteiger partial charge in [-0.2, -0.15) is 0 Å². The molecular formula is C13H15N3O2. The molecule has 2 rings (SSSR count). The average Bonchev–Trinajstić information content (AvgIpc) is 2.87. The van der Waals surface area contributed by atoms with Gasteiger partial charge in [-0.3, -0.25) is 9.78 Å². The molecule has 1 amide bonds. The molecule has 2 aromatic heterocycles. The first-order chi connectivity index (χ1) is 8.66. The molecule has 94 valence electrons. The Kier molecular flexibility index (Phi) is 3.74. The molecule has 5 heteroatoms. The standard InChI is InChI=1S/C13H15N3O2/c1-9(14)11-4-5-12(18-11)13(17)16-8-10-3-2-6-15-7-10/h2-7,9H,8,14H2,1H3,(H,16,17). The number of nitrogens with two attached hydrogens (primary N) is 1. The summed E-state index contributed by atoms with van der Waals surface area (Å²) in [7, 11) is 0. The van der Waals surface area contributed by atoms with Crippen molar-refractivity contribution in [1.29, 1.82) is 0 Å². The molecule has 0 spiro atoms. The van der Waals surface area contributed by atoms with Crippen LogP contribution in [0.1, 0.15) is 34.8 Å². The van der Waals surface area contributed by atoms with E-state index in [1.165, 1.54) is 0 Å². The fraction of sp³-hybridized carbons (Fsp3) is 0.231. The minimum absolute atomic E-state index is 0.218. The Hall–Kier alpha value is -2.14. The van der Waals surface area contributed by atoms with E-state index in [0.717, 1.165) is 5.56 Å². The molecule has 0 aliphatic carbocycles. The number of nitrogens with zero attached hydrogens (tertiary/aromatic N) is 1. The molecular weight excluding hydrogens is 230 g/mol. The van der Waals surface area contributed by atoms with Crippen molar-refractivity contribution >= 4 is 5.91 Å². The SMILES string of the molecule is CC(N)c1ccc(C(=O)NCc2cccnc2)o1. The molecule has 18 heavy (non-hydrogen) atoms. The summed E-state index contributed by atoms with van der Waals surface area (Å²) in [5.41, 5.74) is 6.59. The molecule has 0 saturated carbocycles. The number of rotatable bonds is 4. The van der Waals surface area contributed by atoms with Crippen LogP contribution in [0.3, 0.4) is 0 Å². The molecule has 0 aromatic carbocycles. The third-order valence-corrected chi connectivity index (χ3v) is 2.48. The molecule has 1 atom stereocenters. The molecule has 1 unspecified atom stereocenters. The van der Waals surface area contributed by atoms with E-state index in [1.807, 2.05) is 12.1 Å². The predicted octanol–water partition coefficient (Wildman–Crippen LogP) is 1.62. The van der Waals surface area contributed by atoms with E-state index in [9.17, 15) is 4.79 Å². The van der Waals surface area contributed by atoms with Gasteiger partial charge in [0.15, 0.2) is 5.76 Å². The fourth-order valence-electron chi connectivity index (χ4n) is 1.49. The van der Waals surface area contributed by atoms with Crippen molar-refractivity contribution in [3.8, 4) is 0 Å². The van der Waals surface area contributed by atoms with Crippen molar-refractivity contribution in [2.24, 2.45) is 5.73 Å². The maximum absolute atomic E-state index is 11.8. The summed E-state index contributed by atoms with van der Waals surface area (Å²) < 4.78 is 5.34. The van der Waals surface area contributed by atoms with Crippen molar-refractivity contribution in [3.63, 3.8) is 0 Å². The molecule has 0 bridgehead atoms. The molecule has 3 N–H and O–H groups in total. The Bertz CT molecular complexity index is 520. The zero-order chi connectivity index (χ0) is 13.0. The van der Waals surface area contributed by atoms with Crippen LogP contribution in [0.2, 0.25) is 0 Å². The van der Waals surface area contributed by atoms with E-state index in [-0.39, 0.29) is 17.7 Å². The lowest BCUT2D eigenvalue weighted by molar-refractivity contribution is 0.0921. The highest BCUT2D eigenvalue weighted by atomic mass is 16.4. The maximum atomic E-state index is 11.8. The van der Waals surface area contributed by atoms with E-state index in [0.29, 0.717) is 12.3 Å². The summed E-state index contributed by atoms with van der Waals surface area (Å²) in [5.74, 6) is 0.610. The van der Waals surface area contributed by atoms with Crippen LogP contribution in [-0.4, -0.2) is 10.9 Å². The highest BCUT2D eigenvalue weighted by Gasteiger charge is 2.12. The van der Waals surface area contributed by atoms with Gasteiger partial charge < -0.3 is 15.5 Å². The van der Waals surface area contributed by atoms with Crippen LogP contribution in [0, 0.1) is 0 Å². The molecule has 2 aromatic rings. The molecule has 0 fully saturated rings. The minimum atomic E-state index is -0.259. The second-order valence-corrected chi connectivity index (χ2v) is 4.03. The van der Waals surface area contributed by atoms with Gasteiger partial charge in [0.05, 0.1) is 6.04 Å². The molecule has 0 saturated heterocycles. The first-order valence-electron chi connectivity index (χ1n) is 5.69. The van der Waals surface area contributed by atoms with Crippen LogP contribution in [0.5, 0.6) is 0 Å². The molecule has 2 heterocycles. The van der Waals surface area contributed by atoms with Gasteiger partial charge in [-0.05, 0) is 30.7 Å². The van der Waals surface area contributed by atoms with Gasteiger partial charge in [0, 0.05) is 18.9 Å². The van der Waals surface area contributed by atoms with Crippen molar-refractivity contribution in [2.75, 3.05) is 0 Å². The third kappa shape index (κ3) is 2.95. The Morgan fingerprint density at radius 2 is 2.33 bits per heavy atom. The normalized spacial score (nSPS) is 12.1. The van der Waals surface area contributed by atoms with E-state index < -0.39 is 0 Å². The number of carbonyl (C=O) groups excluding carboxylic acids is 1. The smallest absolute Gasteiger partial charge is 0.287 e. The lowest BCUT2D eigenvalue weighted by atomic mass is 10.3. The average molecular weight is 245 g/mol. The van der Waals surface area contributed by atoms with Crippen LogP contribution in [0.4, 0.5) is 0 Å². The Morgan fingerprint density at radius 1 is 1.50 bits per heavy atom. The van der Waals surface area contributed by atoms with Gasteiger partial charge in [0.2, 0.25) is 0 Å². The highest BCUT2D eigenvalue weighted by molar-refractivity contribution is 5.91. The lowest BCUT2D eigenvalue weighted by Crippen LogP contribution is -2.22. The number of hydrogen-bond acceptors (Lipinski definition) is 4.